The number of ether oxygens (including phenoxy) is 1. The number of aliphatic hydroxyl groups is 3. The molecule has 17 heavy (non-hydrogen) atoms. The minimum absolute atomic E-state index is 0.0463. The number of esters is 1. The molecule has 3 N–H and O–H groups in total. The molecule has 0 amide bonds. The van der Waals surface area contributed by atoms with Crippen LogP contribution in [0.2, 0.25) is 0 Å². The van der Waals surface area contributed by atoms with Crippen LogP contribution in [-0.4, -0.2) is 47.7 Å². The maximum absolute atomic E-state index is 10.0. The SMILES string of the molecule is CCCCO.O=C1CCCO1.OCCCCO. The van der Waals surface area contributed by atoms with Gasteiger partial charge in [-0.25, -0.2) is 0 Å². The van der Waals surface area contributed by atoms with Gasteiger partial charge in [0.2, 0.25) is 0 Å². The van der Waals surface area contributed by atoms with Gasteiger partial charge in [-0.15, -0.1) is 0 Å². The van der Waals surface area contributed by atoms with Gasteiger partial charge in [0.05, 0.1) is 6.61 Å². The predicted octanol–water partition coefficient (Wildman–Crippen LogP) is 0.853. The van der Waals surface area contributed by atoms with Crippen molar-refractivity contribution in [3.63, 3.8) is 0 Å². The highest BCUT2D eigenvalue weighted by Crippen LogP contribution is 2.01. The summed E-state index contributed by atoms with van der Waals surface area (Å²) in [5, 5.41) is 24.2. The van der Waals surface area contributed by atoms with Crippen LogP contribution in [0.15, 0.2) is 0 Å². The van der Waals surface area contributed by atoms with E-state index in [-0.39, 0.29) is 19.2 Å². The summed E-state index contributed by atoms with van der Waals surface area (Å²) in [5.74, 6) is -0.0463. The van der Waals surface area contributed by atoms with Crippen LogP contribution in [-0.2, 0) is 9.53 Å². The fourth-order valence-electron chi connectivity index (χ4n) is 0.856. The molecule has 5 heteroatoms. The van der Waals surface area contributed by atoms with Crippen molar-refractivity contribution in [1.29, 1.82) is 0 Å². The van der Waals surface area contributed by atoms with Crippen LogP contribution < -0.4 is 0 Å². The van der Waals surface area contributed by atoms with E-state index in [1.165, 1.54) is 0 Å². The molecule has 0 saturated carbocycles. The molecule has 0 aromatic heterocycles. The van der Waals surface area contributed by atoms with E-state index in [4.69, 9.17) is 15.3 Å². The molecule has 0 aliphatic carbocycles. The summed E-state index contributed by atoms with van der Waals surface area (Å²) in [5.41, 5.74) is 0. The third-order valence-corrected chi connectivity index (χ3v) is 1.87. The lowest BCUT2D eigenvalue weighted by molar-refractivity contribution is -0.137. The zero-order chi connectivity index (χ0) is 13.4. The van der Waals surface area contributed by atoms with Crippen LogP contribution >= 0.6 is 0 Å². The van der Waals surface area contributed by atoms with Crippen molar-refractivity contribution in [3.8, 4) is 0 Å². The number of hydrogen-bond acceptors (Lipinski definition) is 5. The Morgan fingerprint density at radius 2 is 1.59 bits per heavy atom. The molecule has 1 fully saturated rings. The Morgan fingerprint density at radius 1 is 1.06 bits per heavy atom. The first-order chi connectivity index (χ1) is 8.22. The molecule has 0 spiro atoms. The normalized spacial score (nSPS) is 13.1. The van der Waals surface area contributed by atoms with Crippen LogP contribution in [0.25, 0.3) is 0 Å². The van der Waals surface area contributed by atoms with Crippen molar-refractivity contribution in [1.82, 2.24) is 0 Å². The summed E-state index contributed by atoms with van der Waals surface area (Å²) in [4.78, 5) is 10.0. The van der Waals surface area contributed by atoms with Gasteiger partial charge < -0.3 is 20.1 Å². The van der Waals surface area contributed by atoms with Crippen molar-refractivity contribution < 1.29 is 24.9 Å². The number of carbonyl (C=O) groups excluding carboxylic acids is 1. The third-order valence-electron chi connectivity index (χ3n) is 1.87. The van der Waals surface area contributed by atoms with Gasteiger partial charge in [0.15, 0.2) is 0 Å². The Kier molecular flexibility index (Phi) is 19.5. The molecule has 1 aliphatic rings. The van der Waals surface area contributed by atoms with E-state index >= 15 is 0 Å². The zero-order valence-electron chi connectivity index (χ0n) is 10.7. The molecule has 0 radical (unpaired) electrons. The van der Waals surface area contributed by atoms with E-state index in [9.17, 15) is 4.79 Å². The van der Waals surface area contributed by atoms with Crippen LogP contribution in [0.1, 0.15) is 45.4 Å². The Hall–Kier alpha value is -0.650. The molecule has 1 heterocycles. The number of carbonyl (C=O) groups is 1. The lowest BCUT2D eigenvalue weighted by Gasteiger charge is -1.85. The first-order valence-corrected chi connectivity index (χ1v) is 6.21. The summed E-state index contributed by atoms with van der Waals surface area (Å²) in [6, 6.07) is 0. The van der Waals surface area contributed by atoms with Crippen LogP contribution in [0, 0.1) is 0 Å². The van der Waals surface area contributed by atoms with Crippen molar-refractivity contribution in [3.05, 3.63) is 0 Å². The van der Waals surface area contributed by atoms with E-state index in [2.05, 4.69) is 11.7 Å². The Labute approximate surface area is 103 Å². The summed E-state index contributed by atoms with van der Waals surface area (Å²) in [7, 11) is 0. The number of rotatable bonds is 5. The number of unbranched alkanes of at least 4 members (excludes halogenated alkanes) is 2. The first-order valence-electron chi connectivity index (χ1n) is 6.21. The molecule has 0 atom stereocenters. The van der Waals surface area contributed by atoms with Gasteiger partial charge in [0.1, 0.15) is 0 Å². The Bertz CT molecular complexity index is 136. The maximum Gasteiger partial charge on any atom is 0.305 e. The zero-order valence-corrected chi connectivity index (χ0v) is 10.7. The lowest BCUT2D eigenvalue weighted by Crippen LogP contribution is -1.88. The van der Waals surface area contributed by atoms with Crippen molar-refractivity contribution in [2.75, 3.05) is 26.4 Å². The van der Waals surface area contributed by atoms with E-state index in [1.54, 1.807) is 0 Å². The third kappa shape index (κ3) is 21.2. The molecule has 0 bridgehead atoms. The molecule has 1 rings (SSSR count). The molecule has 0 unspecified atom stereocenters. The molecular formula is C12H26O5. The van der Waals surface area contributed by atoms with Crippen molar-refractivity contribution in [2.24, 2.45) is 0 Å². The van der Waals surface area contributed by atoms with Crippen LogP contribution in [0.3, 0.4) is 0 Å². The van der Waals surface area contributed by atoms with E-state index in [0.717, 1.165) is 32.1 Å². The van der Waals surface area contributed by atoms with Crippen molar-refractivity contribution >= 4 is 5.97 Å². The monoisotopic (exact) mass is 250 g/mol. The summed E-state index contributed by atoms with van der Waals surface area (Å²) in [6.07, 6.45) is 5.02. The summed E-state index contributed by atoms with van der Waals surface area (Å²) < 4.78 is 4.51. The molecule has 0 aromatic carbocycles. The fourth-order valence-corrected chi connectivity index (χ4v) is 0.856. The van der Waals surface area contributed by atoms with Gasteiger partial charge in [-0.2, -0.15) is 0 Å². The molecule has 1 aliphatic heterocycles. The predicted molar refractivity (Wildman–Crippen MR) is 65.6 cm³/mol. The fraction of sp³-hybridized carbons (Fsp3) is 0.917. The van der Waals surface area contributed by atoms with Gasteiger partial charge >= 0.3 is 5.97 Å². The number of cyclic esters (lactones) is 1. The highest BCUT2D eigenvalue weighted by molar-refractivity contribution is 5.70. The van der Waals surface area contributed by atoms with E-state index in [0.29, 0.717) is 19.6 Å². The number of hydrogen-bond donors (Lipinski definition) is 3. The van der Waals surface area contributed by atoms with Gasteiger partial charge in [-0.3, -0.25) is 4.79 Å². The van der Waals surface area contributed by atoms with Crippen molar-refractivity contribution in [2.45, 2.75) is 45.4 Å². The smallest absolute Gasteiger partial charge is 0.305 e. The summed E-state index contributed by atoms with van der Waals surface area (Å²) in [6.45, 7) is 3.42. The molecular weight excluding hydrogens is 224 g/mol. The highest BCUT2D eigenvalue weighted by atomic mass is 16.5. The second kappa shape index (κ2) is 17.7. The van der Waals surface area contributed by atoms with Gasteiger partial charge in [-0.1, -0.05) is 13.3 Å². The minimum atomic E-state index is -0.0463. The van der Waals surface area contributed by atoms with E-state index in [1.807, 2.05) is 0 Å². The lowest BCUT2D eigenvalue weighted by atomic mass is 10.3. The van der Waals surface area contributed by atoms with Crippen LogP contribution in [0.5, 0.6) is 0 Å². The van der Waals surface area contributed by atoms with Crippen LogP contribution in [0.4, 0.5) is 0 Å². The molecule has 5 nitrogen and oxygen atoms in total. The molecule has 1 saturated heterocycles. The quantitative estimate of drug-likeness (QED) is 0.497. The maximum atomic E-state index is 10.0. The average molecular weight is 250 g/mol. The minimum Gasteiger partial charge on any atom is -0.466 e. The topological polar surface area (TPSA) is 87.0 Å². The van der Waals surface area contributed by atoms with Gasteiger partial charge in [0, 0.05) is 26.2 Å². The Morgan fingerprint density at radius 3 is 1.71 bits per heavy atom. The highest BCUT2D eigenvalue weighted by Gasteiger charge is 2.08. The van der Waals surface area contributed by atoms with Gasteiger partial charge in [0.25, 0.3) is 0 Å². The Balaban J connectivity index is 0. The van der Waals surface area contributed by atoms with E-state index < -0.39 is 0 Å². The average Bonchev–Trinajstić information content (AvgIpc) is 2.80. The molecule has 104 valence electrons. The summed E-state index contributed by atoms with van der Waals surface area (Å²) >= 11 is 0. The standard InChI is InChI=1S/C4H6O2.C4H10O2.C4H10O/c5-4-2-1-3-6-4;5-3-1-2-4-6;1-2-3-4-5/h1-3H2;5-6H,1-4H2;5H,2-4H2,1H3. The number of aliphatic hydroxyl groups excluding tert-OH is 3. The largest absolute Gasteiger partial charge is 0.466 e. The second-order valence-corrected chi connectivity index (χ2v) is 3.56. The second-order valence-electron chi connectivity index (χ2n) is 3.56. The van der Waals surface area contributed by atoms with Gasteiger partial charge in [-0.05, 0) is 25.7 Å². The first kappa shape index (κ1) is 18.7. The molecule has 0 aromatic rings.